The van der Waals surface area contributed by atoms with Crippen LogP contribution >= 0.6 is 0 Å². The zero-order valence-electron chi connectivity index (χ0n) is 11.7. The van der Waals surface area contributed by atoms with Gasteiger partial charge in [-0.25, -0.2) is 0 Å². The number of methoxy groups -OCH3 is 1. The summed E-state index contributed by atoms with van der Waals surface area (Å²) in [5.41, 5.74) is 6.61. The molecule has 0 heterocycles. The van der Waals surface area contributed by atoms with Gasteiger partial charge in [0.05, 0.1) is 7.11 Å². The minimum absolute atomic E-state index is 0.0423. The molecule has 0 aliphatic carbocycles. The summed E-state index contributed by atoms with van der Waals surface area (Å²) in [5, 5.41) is 2.64. The smallest absolute Gasteiger partial charge is 0.221 e. The lowest BCUT2D eigenvalue weighted by Crippen LogP contribution is -2.31. The number of carbonyl (C=O) groups is 1. The number of hydrogen-bond donors (Lipinski definition) is 2. The van der Waals surface area contributed by atoms with Crippen molar-refractivity contribution in [2.24, 2.45) is 5.73 Å². The Labute approximate surface area is 114 Å². The van der Waals surface area contributed by atoms with E-state index >= 15 is 0 Å². The third-order valence-electron chi connectivity index (χ3n) is 2.94. The average Bonchev–Trinajstić information content (AvgIpc) is 2.47. The second kappa shape index (κ2) is 8.37. The number of carbonyl (C=O) groups excluding carboxylic acids is 1. The maximum atomic E-state index is 11.4. The van der Waals surface area contributed by atoms with E-state index in [4.69, 9.17) is 10.5 Å². The Hall–Kier alpha value is -1.75. The lowest BCUT2D eigenvalue weighted by atomic mass is 10.2. The lowest BCUT2D eigenvalue weighted by Gasteiger charge is -2.24. The van der Waals surface area contributed by atoms with Crippen LogP contribution in [0.2, 0.25) is 0 Å². The van der Waals surface area contributed by atoms with Gasteiger partial charge in [-0.05, 0) is 25.1 Å². The highest BCUT2D eigenvalue weighted by Crippen LogP contribution is 2.21. The van der Waals surface area contributed by atoms with Gasteiger partial charge in [-0.1, -0.05) is 6.07 Å². The number of nitrogens with two attached hydrogens (primary N) is 1. The predicted octanol–water partition coefficient (Wildman–Crippen LogP) is 0.987. The van der Waals surface area contributed by atoms with Crippen molar-refractivity contribution in [2.45, 2.75) is 12.8 Å². The lowest BCUT2D eigenvalue weighted by molar-refractivity contribution is -0.120. The van der Waals surface area contributed by atoms with Gasteiger partial charge in [0.15, 0.2) is 0 Å². The fraction of sp³-hybridized carbons (Fsp3) is 0.500. The van der Waals surface area contributed by atoms with E-state index in [9.17, 15) is 4.79 Å². The molecule has 1 aromatic rings. The minimum Gasteiger partial charge on any atom is -0.497 e. The van der Waals surface area contributed by atoms with E-state index in [1.165, 1.54) is 0 Å². The van der Waals surface area contributed by atoms with Gasteiger partial charge in [0.25, 0.3) is 0 Å². The second-order valence-electron chi connectivity index (χ2n) is 4.25. The van der Waals surface area contributed by atoms with E-state index in [1.807, 2.05) is 24.3 Å². The molecule has 0 saturated heterocycles. The first kappa shape index (κ1) is 15.3. The van der Waals surface area contributed by atoms with E-state index in [2.05, 4.69) is 10.2 Å². The third-order valence-corrected chi connectivity index (χ3v) is 2.94. The largest absolute Gasteiger partial charge is 0.497 e. The standard InChI is InChI=1S/C14H23N3O2/c1-16-14(18)7-10-17(9-4-8-15)12-5-3-6-13(11-12)19-2/h3,5-6,11H,4,7-10,15H2,1-2H3,(H,16,18). The van der Waals surface area contributed by atoms with Gasteiger partial charge >= 0.3 is 0 Å². The molecule has 19 heavy (non-hydrogen) atoms. The molecule has 5 nitrogen and oxygen atoms in total. The summed E-state index contributed by atoms with van der Waals surface area (Å²) >= 11 is 0. The molecule has 3 N–H and O–H groups in total. The summed E-state index contributed by atoms with van der Waals surface area (Å²) in [4.78, 5) is 13.5. The predicted molar refractivity (Wildman–Crippen MR) is 77.6 cm³/mol. The summed E-state index contributed by atoms with van der Waals surface area (Å²) in [6.07, 6.45) is 1.36. The monoisotopic (exact) mass is 265 g/mol. The molecule has 1 amide bonds. The Morgan fingerprint density at radius 3 is 2.84 bits per heavy atom. The van der Waals surface area contributed by atoms with Crippen LogP contribution in [0.3, 0.4) is 0 Å². The number of anilines is 1. The highest BCUT2D eigenvalue weighted by Gasteiger charge is 2.09. The summed E-state index contributed by atoms with van der Waals surface area (Å²) in [5.74, 6) is 0.857. The van der Waals surface area contributed by atoms with Crippen molar-refractivity contribution in [1.29, 1.82) is 0 Å². The molecule has 0 atom stereocenters. The van der Waals surface area contributed by atoms with Crippen molar-refractivity contribution < 1.29 is 9.53 Å². The quantitative estimate of drug-likeness (QED) is 0.735. The van der Waals surface area contributed by atoms with Gasteiger partial charge in [0.1, 0.15) is 5.75 Å². The van der Waals surface area contributed by atoms with Gasteiger partial charge in [-0.15, -0.1) is 0 Å². The van der Waals surface area contributed by atoms with Gasteiger partial charge in [-0.2, -0.15) is 0 Å². The Morgan fingerprint density at radius 1 is 1.42 bits per heavy atom. The molecule has 1 rings (SSSR count). The number of nitrogens with one attached hydrogen (secondary N) is 1. The summed E-state index contributed by atoms with van der Waals surface area (Å²) in [6, 6.07) is 7.84. The molecule has 0 aromatic heterocycles. The third kappa shape index (κ3) is 5.18. The normalized spacial score (nSPS) is 10.1. The highest BCUT2D eigenvalue weighted by molar-refractivity contribution is 5.76. The molecule has 0 aliphatic heterocycles. The van der Waals surface area contributed by atoms with Crippen LogP contribution in [0.1, 0.15) is 12.8 Å². The number of benzene rings is 1. The SMILES string of the molecule is CNC(=O)CCN(CCCN)c1cccc(OC)c1. The van der Waals surface area contributed by atoms with Crippen LogP contribution in [0.15, 0.2) is 24.3 Å². The molecule has 0 fully saturated rings. The zero-order chi connectivity index (χ0) is 14.1. The first-order valence-corrected chi connectivity index (χ1v) is 6.51. The van der Waals surface area contributed by atoms with Crippen molar-refractivity contribution in [3.63, 3.8) is 0 Å². The molecule has 0 spiro atoms. The number of ether oxygens (including phenoxy) is 1. The molecular formula is C14H23N3O2. The van der Waals surface area contributed by atoms with Gasteiger partial charge in [0.2, 0.25) is 5.91 Å². The number of rotatable bonds is 8. The van der Waals surface area contributed by atoms with Gasteiger partial charge in [-0.3, -0.25) is 4.79 Å². The number of amides is 1. The second-order valence-corrected chi connectivity index (χ2v) is 4.25. The van der Waals surface area contributed by atoms with Crippen molar-refractivity contribution in [1.82, 2.24) is 5.32 Å². The maximum Gasteiger partial charge on any atom is 0.221 e. The van der Waals surface area contributed by atoms with Crippen molar-refractivity contribution in [3.05, 3.63) is 24.3 Å². The van der Waals surface area contributed by atoms with Crippen molar-refractivity contribution in [2.75, 3.05) is 38.7 Å². The van der Waals surface area contributed by atoms with Crippen LogP contribution in [-0.2, 0) is 4.79 Å². The molecular weight excluding hydrogens is 242 g/mol. The van der Waals surface area contributed by atoms with E-state index < -0.39 is 0 Å². The minimum atomic E-state index is 0.0423. The Kier molecular flexibility index (Phi) is 6.74. The molecule has 0 bridgehead atoms. The fourth-order valence-corrected chi connectivity index (χ4v) is 1.82. The number of nitrogens with zero attached hydrogens (tertiary/aromatic N) is 1. The first-order valence-electron chi connectivity index (χ1n) is 6.51. The molecule has 5 heteroatoms. The van der Waals surface area contributed by atoms with Crippen molar-refractivity contribution >= 4 is 11.6 Å². The van der Waals surface area contributed by atoms with Gasteiger partial charge < -0.3 is 20.7 Å². The topological polar surface area (TPSA) is 67.6 Å². The molecule has 1 aromatic carbocycles. The average molecular weight is 265 g/mol. The fourth-order valence-electron chi connectivity index (χ4n) is 1.82. The molecule has 0 radical (unpaired) electrons. The summed E-state index contributed by atoms with van der Waals surface area (Å²) in [7, 11) is 3.30. The summed E-state index contributed by atoms with van der Waals surface area (Å²) in [6.45, 7) is 2.15. The molecule has 106 valence electrons. The number of hydrogen-bond acceptors (Lipinski definition) is 4. The molecule has 0 saturated carbocycles. The van der Waals surface area contributed by atoms with Gasteiger partial charge in [0, 0.05) is 38.3 Å². The van der Waals surface area contributed by atoms with Crippen LogP contribution in [-0.4, -0.2) is 39.7 Å². The van der Waals surface area contributed by atoms with Crippen LogP contribution in [0.4, 0.5) is 5.69 Å². The summed E-state index contributed by atoms with van der Waals surface area (Å²) < 4.78 is 5.23. The Balaban J connectivity index is 2.73. The molecule has 0 aliphatic rings. The van der Waals surface area contributed by atoms with Crippen LogP contribution in [0, 0.1) is 0 Å². The van der Waals surface area contributed by atoms with Crippen LogP contribution < -0.4 is 20.7 Å². The zero-order valence-corrected chi connectivity index (χ0v) is 11.7. The van der Waals surface area contributed by atoms with Crippen LogP contribution in [0.25, 0.3) is 0 Å². The maximum absolute atomic E-state index is 11.4. The van der Waals surface area contributed by atoms with E-state index in [0.717, 1.165) is 24.4 Å². The Bertz CT molecular complexity index is 396. The van der Waals surface area contributed by atoms with Crippen molar-refractivity contribution in [3.8, 4) is 5.75 Å². The van der Waals surface area contributed by atoms with E-state index in [0.29, 0.717) is 19.5 Å². The van der Waals surface area contributed by atoms with E-state index in [1.54, 1.807) is 14.2 Å². The van der Waals surface area contributed by atoms with Crippen LogP contribution in [0.5, 0.6) is 5.75 Å². The Morgan fingerprint density at radius 2 is 2.21 bits per heavy atom. The molecule has 0 unspecified atom stereocenters. The highest BCUT2D eigenvalue weighted by atomic mass is 16.5. The first-order chi connectivity index (χ1) is 9.21. The van der Waals surface area contributed by atoms with E-state index in [-0.39, 0.29) is 5.91 Å².